The molecule has 0 aliphatic carbocycles. The first kappa shape index (κ1) is 17.6. The molecule has 0 radical (unpaired) electrons. The van der Waals surface area contributed by atoms with Crippen molar-refractivity contribution >= 4 is 29.1 Å². The summed E-state index contributed by atoms with van der Waals surface area (Å²) in [7, 11) is 0. The third kappa shape index (κ3) is 5.77. The molecular formula is C18H19Cl2NO2. The Morgan fingerprint density at radius 2 is 1.87 bits per heavy atom. The van der Waals surface area contributed by atoms with Crippen LogP contribution in [-0.4, -0.2) is 18.6 Å². The van der Waals surface area contributed by atoms with Crippen molar-refractivity contribution in [2.45, 2.75) is 25.9 Å². The lowest BCUT2D eigenvalue weighted by Gasteiger charge is -2.17. The summed E-state index contributed by atoms with van der Waals surface area (Å²) in [5.74, 6) is 0.471. The zero-order valence-corrected chi connectivity index (χ0v) is 14.4. The predicted molar refractivity (Wildman–Crippen MR) is 94.3 cm³/mol. The molecule has 0 bridgehead atoms. The molecule has 0 spiro atoms. The number of carbonyl (C=O) groups excluding carboxylic acids is 1. The van der Waals surface area contributed by atoms with E-state index in [-0.39, 0.29) is 5.91 Å². The molecule has 1 N–H and O–H groups in total. The van der Waals surface area contributed by atoms with Gasteiger partial charge in [0.05, 0.1) is 0 Å². The molecular weight excluding hydrogens is 333 g/mol. The molecule has 0 aliphatic rings. The topological polar surface area (TPSA) is 38.3 Å². The lowest BCUT2D eigenvalue weighted by atomic mass is 10.1. The van der Waals surface area contributed by atoms with Crippen LogP contribution in [0.1, 0.15) is 18.9 Å². The maximum absolute atomic E-state index is 12.2. The third-order valence-electron chi connectivity index (χ3n) is 3.36. The summed E-state index contributed by atoms with van der Waals surface area (Å²) in [6, 6.07) is 14.6. The molecule has 0 aliphatic heterocycles. The lowest BCUT2D eigenvalue weighted by Crippen LogP contribution is -2.38. The number of benzene rings is 2. The van der Waals surface area contributed by atoms with Gasteiger partial charge in [0.15, 0.2) is 6.10 Å². The van der Waals surface area contributed by atoms with Gasteiger partial charge in [-0.05, 0) is 48.7 Å². The minimum Gasteiger partial charge on any atom is -0.481 e. The molecule has 23 heavy (non-hydrogen) atoms. The van der Waals surface area contributed by atoms with Crippen molar-refractivity contribution in [3.05, 3.63) is 64.1 Å². The quantitative estimate of drug-likeness (QED) is 0.796. The summed E-state index contributed by atoms with van der Waals surface area (Å²) in [6.07, 6.45) is 0.800. The van der Waals surface area contributed by atoms with Gasteiger partial charge in [-0.2, -0.15) is 0 Å². The SMILES string of the molecule is CCC(Oc1cccc(Cl)c1)C(=O)NCCc1ccc(Cl)cc1. The van der Waals surface area contributed by atoms with E-state index in [1.165, 1.54) is 0 Å². The van der Waals surface area contributed by atoms with Crippen LogP contribution in [0.15, 0.2) is 48.5 Å². The Hall–Kier alpha value is -1.71. The second kappa shape index (κ2) is 8.80. The number of hydrogen-bond acceptors (Lipinski definition) is 2. The van der Waals surface area contributed by atoms with Gasteiger partial charge in [-0.1, -0.05) is 48.3 Å². The van der Waals surface area contributed by atoms with Crippen LogP contribution in [0.2, 0.25) is 10.0 Å². The van der Waals surface area contributed by atoms with Gasteiger partial charge >= 0.3 is 0 Å². The molecule has 0 fully saturated rings. The van der Waals surface area contributed by atoms with E-state index in [1.54, 1.807) is 24.3 Å². The molecule has 0 saturated heterocycles. The highest BCUT2D eigenvalue weighted by Gasteiger charge is 2.17. The summed E-state index contributed by atoms with van der Waals surface area (Å²) in [5, 5.41) is 4.19. The summed E-state index contributed by atoms with van der Waals surface area (Å²) in [6.45, 7) is 2.46. The molecule has 0 saturated carbocycles. The van der Waals surface area contributed by atoms with E-state index in [2.05, 4.69) is 5.32 Å². The Balaban J connectivity index is 1.83. The van der Waals surface area contributed by atoms with Gasteiger partial charge in [0.1, 0.15) is 5.75 Å². The van der Waals surface area contributed by atoms with E-state index >= 15 is 0 Å². The number of halogens is 2. The Morgan fingerprint density at radius 1 is 1.13 bits per heavy atom. The average Bonchev–Trinajstić information content (AvgIpc) is 2.54. The maximum atomic E-state index is 12.2. The standard InChI is InChI=1S/C18H19Cl2NO2/c1-2-17(23-16-5-3-4-15(20)12-16)18(22)21-11-10-13-6-8-14(19)9-7-13/h3-9,12,17H,2,10-11H2,1H3,(H,21,22). The number of rotatable bonds is 7. The number of carbonyl (C=O) groups is 1. The normalized spacial score (nSPS) is 11.8. The Morgan fingerprint density at radius 3 is 2.52 bits per heavy atom. The van der Waals surface area contributed by atoms with Crippen LogP contribution < -0.4 is 10.1 Å². The molecule has 3 nitrogen and oxygen atoms in total. The molecule has 2 aromatic rings. The van der Waals surface area contributed by atoms with Crippen molar-refractivity contribution in [3.8, 4) is 5.75 Å². The Bertz CT molecular complexity index is 644. The van der Waals surface area contributed by atoms with Crippen molar-refractivity contribution in [1.82, 2.24) is 5.32 Å². The second-order valence-electron chi connectivity index (χ2n) is 5.14. The average molecular weight is 352 g/mol. The van der Waals surface area contributed by atoms with Gasteiger partial charge in [0, 0.05) is 16.6 Å². The van der Waals surface area contributed by atoms with Crippen molar-refractivity contribution < 1.29 is 9.53 Å². The van der Waals surface area contributed by atoms with Gasteiger partial charge in [0.25, 0.3) is 5.91 Å². The third-order valence-corrected chi connectivity index (χ3v) is 3.85. The van der Waals surface area contributed by atoms with E-state index in [0.717, 1.165) is 12.0 Å². The largest absolute Gasteiger partial charge is 0.481 e. The Kier molecular flexibility index (Phi) is 6.75. The van der Waals surface area contributed by atoms with Gasteiger partial charge in [-0.15, -0.1) is 0 Å². The molecule has 2 rings (SSSR count). The molecule has 5 heteroatoms. The summed E-state index contributed by atoms with van der Waals surface area (Å²) in [5.41, 5.74) is 1.12. The summed E-state index contributed by atoms with van der Waals surface area (Å²) < 4.78 is 5.71. The van der Waals surface area contributed by atoms with Crippen LogP contribution in [0, 0.1) is 0 Å². The van der Waals surface area contributed by atoms with Crippen molar-refractivity contribution in [3.63, 3.8) is 0 Å². The van der Waals surface area contributed by atoms with Crippen LogP contribution in [0.3, 0.4) is 0 Å². The molecule has 0 heterocycles. The van der Waals surface area contributed by atoms with Gasteiger partial charge < -0.3 is 10.1 Å². The molecule has 2 aromatic carbocycles. The highest BCUT2D eigenvalue weighted by atomic mass is 35.5. The fourth-order valence-electron chi connectivity index (χ4n) is 2.12. The van der Waals surface area contributed by atoms with Crippen LogP contribution in [-0.2, 0) is 11.2 Å². The zero-order valence-electron chi connectivity index (χ0n) is 12.9. The van der Waals surface area contributed by atoms with Gasteiger partial charge in [-0.25, -0.2) is 0 Å². The van der Waals surface area contributed by atoms with Crippen molar-refractivity contribution in [1.29, 1.82) is 0 Å². The molecule has 1 unspecified atom stereocenters. The number of amides is 1. The lowest BCUT2D eigenvalue weighted by molar-refractivity contribution is -0.128. The highest BCUT2D eigenvalue weighted by molar-refractivity contribution is 6.30. The predicted octanol–water partition coefficient (Wildman–Crippen LogP) is 4.51. The van der Waals surface area contributed by atoms with Crippen molar-refractivity contribution in [2.24, 2.45) is 0 Å². The first-order valence-corrected chi connectivity index (χ1v) is 8.28. The smallest absolute Gasteiger partial charge is 0.261 e. The van der Waals surface area contributed by atoms with Gasteiger partial charge in [-0.3, -0.25) is 4.79 Å². The first-order chi connectivity index (χ1) is 11.1. The summed E-state index contributed by atoms with van der Waals surface area (Å²) in [4.78, 5) is 12.2. The maximum Gasteiger partial charge on any atom is 0.261 e. The number of nitrogens with one attached hydrogen (secondary N) is 1. The zero-order chi connectivity index (χ0) is 16.7. The van der Waals surface area contributed by atoms with Crippen LogP contribution in [0.25, 0.3) is 0 Å². The van der Waals surface area contributed by atoms with E-state index < -0.39 is 6.10 Å². The summed E-state index contributed by atoms with van der Waals surface area (Å²) >= 11 is 11.8. The fourth-order valence-corrected chi connectivity index (χ4v) is 2.43. The number of hydrogen-bond donors (Lipinski definition) is 1. The molecule has 122 valence electrons. The Labute approximate surface area is 146 Å². The molecule has 1 atom stereocenters. The van der Waals surface area contributed by atoms with Crippen LogP contribution in [0.4, 0.5) is 0 Å². The van der Waals surface area contributed by atoms with Crippen LogP contribution in [0.5, 0.6) is 5.75 Å². The first-order valence-electron chi connectivity index (χ1n) is 7.53. The second-order valence-corrected chi connectivity index (χ2v) is 6.01. The van der Waals surface area contributed by atoms with E-state index in [1.807, 2.05) is 31.2 Å². The molecule has 1 amide bonds. The van der Waals surface area contributed by atoms with Crippen molar-refractivity contribution in [2.75, 3.05) is 6.54 Å². The number of ether oxygens (including phenoxy) is 1. The van der Waals surface area contributed by atoms with E-state index in [0.29, 0.717) is 28.8 Å². The minimum absolute atomic E-state index is 0.124. The van der Waals surface area contributed by atoms with Crippen LogP contribution >= 0.6 is 23.2 Å². The monoisotopic (exact) mass is 351 g/mol. The van der Waals surface area contributed by atoms with E-state index in [4.69, 9.17) is 27.9 Å². The van der Waals surface area contributed by atoms with E-state index in [9.17, 15) is 4.79 Å². The highest BCUT2D eigenvalue weighted by Crippen LogP contribution is 2.19. The fraction of sp³-hybridized carbons (Fsp3) is 0.278. The minimum atomic E-state index is -0.529. The molecule has 0 aromatic heterocycles. The van der Waals surface area contributed by atoms with Gasteiger partial charge in [0.2, 0.25) is 0 Å².